The number of benzene rings is 2. The van der Waals surface area contributed by atoms with E-state index in [1.165, 1.54) is 30.8 Å². The molecular weight excluding hydrogens is 368 g/mol. The highest BCUT2D eigenvalue weighted by atomic mass is 32.2. The number of hydrogen-bond donors (Lipinski definition) is 3. The number of carbonyl (C=O) groups excluding carboxylic acids is 1. The van der Waals surface area contributed by atoms with Crippen molar-refractivity contribution in [2.75, 3.05) is 7.11 Å². The van der Waals surface area contributed by atoms with Crippen molar-refractivity contribution >= 4 is 22.0 Å². The number of ether oxygens (including phenoxy) is 1. The van der Waals surface area contributed by atoms with Gasteiger partial charge >= 0.3 is 0 Å². The Balaban J connectivity index is 1.77. The summed E-state index contributed by atoms with van der Waals surface area (Å²) in [7, 11) is -2.12. The average Bonchev–Trinajstić information content (AvgIpc) is 3.07. The maximum absolute atomic E-state index is 12.6. The van der Waals surface area contributed by atoms with Crippen LogP contribution in [-0.2, 0) is 21.2 Å². The molecule has 0 fully saturated rings. The van der Waals surface area contributed by atoms with Gasteiger partial charge in [-0.1, -0.05) is 18.2 Å². The van der Waals surface area contributed by atoms with E-state index in [9.17, 15) is 13.2 Å². The van der Waals surface area contributed by atoms with Gasteiger partial charge in [0.15, 0.2) is 0 Å². The van der Waals surface area contributed by atoms with Crippen LogP contribution in [0.2, 0.25) is 0 Å². The predicted octanol–water partition coefficient (Wildman–Crippen LogP) is 2.18. The average molecular weight is 388 g/mol. The van der Waals surface area contributed by atoms with Crippen LogP contribution < -0.4 is 14.9 Å². The Morgan fingerprint density at radius 3 is 2.63 bits per heavy atom. The maximum Gasteiger partial charge on any atom is 0.267 e. The van der Waals surface area contributed by atoms with Gasteiger partial charge in [0.05, 0.1) is 12.0 Å². The highest BCUT2D eigenvalue weighted by Crippen LogP contribution is 2.33. The molecule has 0 saturated carbocycles. The first-order valence-electron chi connectivity index (χ1n) is 8.34. The Morgan fingerprint density at radius 1 is 1.22 bits per heavy atom. The molecule has 27 heavy (non-hydrogen) atoms. The summed E-state index contributed by atoms with van der Waals surface area (Å²) >= 11 is 0. The van der Waals surface area contributed by atoms with Crippen molar-refractivity contribution in [3.8, 4) is 5.75 Å². The Morgan fingerprint density at radius 2 is 1.96 bits per heavy atom. The zero-order chi connectivity index (χ0) is 19.4. The minimum absolute atomic E-state index is 0.186. The van der Waals surface area contributed by atoms with Gasteiger partial charge in [0.2, 0.25) is 10.0 Å². The highest BCUT2D eigenvalue weighted by molar-refractivity contribution is 7.89. The molecule has 3 rings (SSSR count). The molecular formula is C19H20N2O5S. The SMILES string of the molecule is COc1ccc(S(=O)(=O)NC2CCc3cc(/C=C/C(=O)NO)ccc32)cc1. The molecule has 0 saturated heterocycles. The molecule has 8 heteroatoms. The van der Waals surface area contributed by atoms with Gasteiger partial charge in [-0.25, -0.2) is 18.6 Å². The fourth-order valence-corrected chi connectivity index (χ4v) is 4.33. The van der Waals surface area contributed by atoms with Crippen LogP contribution in [0.15, 0.2) is 53.4 Å². The van der Waals surface area contributed by atoms with Crippen molar-refractivity contribution in [3.05, 3.63) is 65.2 Å². The van der Waals surface area contributed by atoms with Crippen molar-refractivity contribution in [1.29, 1.82) is 0 Å². The van der Waals surface area contributed by atoms with E-state index >= 15 is 0 Å². The Labute approximate surface area is 157 Å². The lowest BCUT2D eigenvalue weighted by Crippen LogP contribution is -2.27. The van der Waals surface area contributed by atoms with E-state index in [-0.39, 0.29) is 10.9 Å². The van der Waals surface area contributed by atoms with Gasteiger partial charge < -0.3 is 4.74 Å². The second kappa shape index (κ2) is 7.91. The van der Waals surface area contributed by atoms with E-state index in [2.05, 4.69) is 4.72 Å². The summed E-state index contributed by atoms with van der Waals surface area (Å²) in [6.45, 7) is 0. The van der Waals surface area contributed by atoms with Crippen LogP contribution in [0.4, 0.5) is 0 Å². The first kappa shape index (κ1) is 19.1. The van der Waals surface area contributed by atoms with E-state index in [0.717, 1.165) is 23.1 Å². The largest absolute Gasteiger partial charge is 0.497 e. The lowest BCUT2D eigenvalue weighted by molar-refractivity contribution is -0.124. The van der Waals surface area contributed by atoms with Crippen molar-refractivity contribution in [2.24, 2.45) is 0 Å². The van der Waals surface area contributed by atoms with Gasteiger partial charge in [0, 0.05) is 12.1 Å². The molecule has 1 aliphatic rings. The number of aryl methyl sites for hydroxylation is 1. The van der Waals surface area contributed by atoms with E-state index < -0.39 is 15.9 Å². The molecule has 1 atom stereocenters. The number of fused-ring (bicyclic) bond motifs is 1. The third-order valence-corrected chi connectivity index (χ3v) is 5.94. The molecule has 2 aromatic rings. The van der Waals surface area contributed by atoms with Gasteiger partial charge in [-0.15, -0.1) is 0 Å². The maximum atomic E-state index is 12.6. The summed E-state index contributed by atoms with van der Waals surface area (Å²) in [5, 5.41) is 8.51. The summed E-state index contributed by atoms with van der Waals surface area (Å²) in [5.41, 5.74) is 4.29. The van der Waals surface area contributed by atoms with Crippen LogP contribution in [0.25, 0.3) is 6.08 Å². The second-order valence-corrected chi connectivity index (χ2v) is 7.87. The zero-order valence-corrected chi connectivity index (χ0v) is 15.5. The zero-order valence-electron chi connectivity index (χ0n) is 14.7. The molecule has 3 N–H and O–H groups in total. The lowest BCUT2D eigenvalue weighted by Gasteiger charge is -2.15. The van der Waals surface area contributed by atoms with E-state index in [1.54, 1.807) is 24.3 Å². The molecule has 2 aromatic carbocycles. The van der Waals surface area contributed by atoms with Crippen LogP contribution >= 0.6 is 0 Å². The van der Waals surface area contributed by atoms with Gasteiger partial charge in [-0.05, 0) is 59.9 Å². The number of carbonyl (C=O) groups is 1. The van der Waals surface area contributed by atoms with Gasteiger partial charge in [-0.3, -0.25) is 10.0 Å². The number of hydroxylamine groups is 1. The molecule has 142 valence electrons. The third kappa shape index (κ3) is 4.36. The normalized spacial score (nSPS) is 16.3. The summed E-state index contributed by atoms with van der Waals surface area (Å²) in [6.07, 6.45) is 4.20. The Bertz CT molecular complexity index is 968. The van der Waals surface area contributed by atoms with Gasteiger partial charge in [-0.2, -0.15) is 0 Å². The summed E-state index contributed by atoms with van der Waals surface area (Å²) in [5.74, 6) is -0.0174. The fraction of sp³-hybridized carbons (Fsp3) is 0.211. The first-order valence-corrected chi connectivity index (χ1v) is 9.82. The van der Waals surface area contributed by atoms with Gasteiger partial charge in [0.1, 0.15) is 5.75 Å². The number of amides is 1. The van der Waals surface area contributed by atoms with Gasteiger partial charge in [0.25, 0.3) is 5.91 Å². The first-order chi connectivity index (χ1) is 12.9. The molecule has 0 radical (unpaired) electrons. The Hall–Kier alpha value is -2.68. The number of hydrogen-bond acceptors (Lipinski definition) is 5. The Kier molecular flexibility index (Phi) is 5.59. The number of nitrogens with one attached hydrogen (secondary N) is 2. The lowest BCUT2D eigenvalue weighted by atomic mass is 10.0. The quantitative estimate of drug-likeness (QED) is 0.400. The van der Waals surface area contributed by atoms with Crippen molar-refractivity contribution in [3.63, 3.8) is 0 Å². The molecule has 7 nitrogen and oxygen atoms in total. The van der Waals surface area contributed by atoms with Crippen molar-refractivity contribution < 1.29 is 23.2 Å². The molecule has 0 aliphatic heterocycles. The number of methoxy groups -OCH3 is 1. The standard InChI is InChI=1S/C19H20N2O5S/c1-26-15-5-7-16(8-6-15)27(24,25)21-18-10-4-14-12-13(2-9-17(14)18)3-11-19(22)20-23/h2-3,5-9,11-12,18,21,23H,4,10H2,1H3,(H,20,22)/b11-3+. The topological polar surface area (TPSA) is 105 Å². The number of sulfonamides is 1. The smallest absolute Gasteiger partial charge is 0.267 e. The molecule has 0 aromatic heterocycles. The fourth-order valence-electron chi connectivity index (χ4n) is 3.08. The van der Waals surface area contributed by atoms with E-state index in [4.69, 9.17) is 9.94 Å². The summed E-state index contributed by atoms with van der Waals surface area (Å²) in [4.78, 5) is 11.3. The molecule has 0 heterocycles. The molecule has 0 spiro atoms. The van der Waals surface area contributed by atoms with Crippen LogP contribution in [-0.4, -0.2) is 26.6 Å². The monoisotopic (exact) mass is 388 g/mol. The third-order valence-electron chi connectivity index (χ3n) is 4.45. The van der Waals surface area contributed by atoms with Crippen LogP contribution in [0.5, 0.6) is 5.75 Å². The molecule has 0 bridgehead atoms. The number of rotatable bonds is 6. The second-order valence-electron chi connectivity index (χ2n) is 6.16. The van der Waals surface area contributed by atoms with E-state index in [1.807, 2.05) is 12.1 Å². The van der Waals surface area contributed by atoms with Crippen LogP contribution in [0, 0.1) is 0 Å². The molecule has 1 amide bonds. The minimum atomic E-state index is -3.65. The summed E-state index contributed by atoms with van der Waals surface area (Å²) in [6, 6.07) is 11.5. The van der Waals surface area contributed by atoms with E-state index in [0.29, 0.717) is 12.2 Å². The predicted molar refractivity (Wildman–Crippen MR) is 99.8 cm³/mol. The highest BCUT2D eigenvalue weighted by Gasteiger charge is 2.27. The van der Waals surface area contributed by atoms with Crippen molar-refractivity contribution in [1.82, 2.24) is 10.2 Å². The molecule has 1 aliphatic carbocycles. The summed E-state index contributed by atoms with van der Waals surface area (Å²) < 4.78 is 33.1. The van der Waals surface area contributed by atoms with Crippen LogP contribution in [0.1, 0.15) is 29.2 Å². The van der Waals surface area contributed by atoms with Crippen molar-refractivity contribution in [2.45, 2.75) is 23.8 Å². The minimum Gasteiger partial charge on any atom is -0.497 e. The van der Waals surface area contributed by atoms with Crippen LogP contribution in [0.3, 0.4) is 0 Å². The molecule has 1 unspecified atom stereocenters.